The Morgan fingerprint density at radius 2 is 2.24 bits per heavy atom. The lowest BCUT2D eigenvalue weighted by Gasteiger charge is -2.29. The maximum absolute atomic E-state index is 13.6. The summed E-state index contributed by atoms with van der Waals surface area (Å²) in [5.74, 6) is 0.583. The second-order valence-corrected chi connectivity index (χ2v) is 4.84. The Morgan fingerprint density at radius 1 is 1.41 bits per heavy atom. The molecule has 0 aliphatic heterocycles. The molecule has 0 saturated heterocycles. The van der Waals surface area contributed by atoms with E-state index in [1.165, 1.54) is 18.9 Å². The van der Waals surface area contributed by atoms with Gasteiger partial charge in [-0.25, -0.2) is 4.39 Å². The van der Waals surface area contributed by atoms with Gasteiger partial charge in [-0.2, -0.15) is 0 Å². The highest BCUT2D eigenvalue weighted by atomic mass is 19.1. The van der Waals surface area contributed by atoms with Crippen LogP contribution in [0.1, 0.15) is 39.0 Å². The first-order valence-electron chi connectivity index (χ1n) is 6.41. The number of para-hydroxylation sites is 1. The van der Waals surface area contributed by atoms with Gasteiger partial charge in [0.25, 0.3) is 0 Å². The van der Waals surface area contributed by atoms with Crippen LogP contribution in [0, 0.1) is 11.7 Å². The van der Waals surface area contributed by atoms with Crippen LogP contribution >= 0.6 is 0 Å². The second-order valence-electron chi connectivity index (χ2n) is 4.84. The Morgan fingerprint density at radius 3 is 2.94 bits per heavy atom. The largest absolute Gasteiger partial charge is 0.485 e. The van der Waals surface area contributed by atoms with Crippen LogP contribution in [0.2, 0.25) is 0 Å². The van der Waals surface area contributed by atoms with Crippen LogP contribution in [0.25, 0.3) is 0 Å². The molecule has 1 aromatic carbocycles. The van der Waals surface area contributed by atoms with Gasteiger partial charge >= 0.3 is 0 Å². The molecule has 2 rings (SSSR count). The van der Waals surface area contributed by atoms with Gasteiger partial charge in [0.2, 0.25) is 0 Å². The zero-order valence-corrected chi connectivity index (χ0v) is 10.3. The van der Waals surface area contributed by atoms with Gasteiger partial charge in [-0.1, -0.05) is 25.8 Å². The van der Waals surface area contributed by atoms with Crippen molar-refractivity contribution in [3.63, 3.8) is 0 Å². The van der Waals surface area contributed by atoms with Gasteiger partial charge in [0.15, 0.2) is 11.6 Å². The van der Waals surface area contributed by atoms with Crippen molar-refractivity contribution in [3.8, 4) is 5.75 Å². The van der Waals surface area contributed by atoms with Crippen molar-refractivity contribution in [1.29, 1.82) is 0 Å². The minimum absolute atomic E-state index is 0.118. The molecule has 1 aromatic rings. The maximum atomic E-state index is 13.6. The van der Waals surface area contributed by atoms with Crippen molar-refractivity contribution in [2.45, 2.75) is 45.1 Å². The molecule has 1 aliphatic carbocycles. The molecule has 0 amide bonds. The van der Waals surface area contributed by atoms with Crippen LogP contribution in [0.4, 0.5) is 10.1 Å². The lowest BCUT2D eigenvalue weighted by Crippen LogP contribution is -2.25. The van der Waals surface area contributed by atoms with Crippen molar-refractivity contribution in [1.82, 2.24) is 0 Å². The second kappa shape index (κ2) is 5.39. The summed E-state index contributed by atoms with van der Waals surface area (Å²) in [6.07, 6.45) is 5.75. The Bertz CT molecular complexity index is 360. The van der Waals surface area contributed by atoms with E-state index in [4.69, 9.17) is 10.5 Å². The minimum atomic E-state index is -0.358. The van der Waals surface area contributed by atoms with Crippen LogP contribution in [0.3, 0.4) is 0 Å². The van der Waals surface area contributed by atoms with Crippen molar-refractivity contribution >= 4 is 5.69 Å². The summed E-state index contributed by atoms with van der Waals surface area (Å²) in [5, 5.41) is 0. The van der Waals surface area contributed by atoms with Crippen molar-refractivity contribution in [3.05, 3.63) is 24.0 Å². The van der Waals surface area contributed by atoms with Gasteiger partial charge in [0.1, 0.15) is 0 Å². The molecule has 1 aliphatic rings. The van der Waals surface area contributed by atoms with Crippen LogP contribution in [-0.2, 0) is 0 Å². The first kappa shape index (κ1) is 12.2. The molecule has 2 unspecified atom stereocenters. The molecule has 94 valence electrons. The Kier molecular flexibility index (Phi) is 3.87. The quantitative estimate of drug-likeness (QED) is 0.812. The number of benzene rings is 1. The van der Waals surface area contributed by atoms with Crippen LogP contribution in [0.15, 0.2) is 18.2 Å². The van der Waals surface area contributed by atoms with Crippen molar-refractivity contribution < 1.29 is 9.13 Å². The first-order chi connectivity index (χ1) is 8.20. The fraction of sp³-hybridized carbons (Fsp3) is 0.571. The van der Waals surface area contributed by atoms with E-state index in [9.17, 15) is 4.39 Å². The minimum Gasteiger partial charge on any atom is -0.485 e. The zero-order chi connectivity index (χ0) is 12.3. The molecule has 17 heavy (non-hydrogen) atoms. The van der Waals surface area contributed by atoms with E-state index < -0.39 is 0 Å². The van der Waals surface area contributed by atoms with E-state index in [1.807, 2.05) is 0 Å². The van der Waals surface area contributed by atoms with Gasteiger partial charge in [-0.3, -0.25) is 0 Å². The highest BCUT2D eigenvalue weighted by Crippen LogP contribution is 2.32. The summed E-state index contributed by atoms with van der Waals surface area (Å²) >= 11 is 0. The van der Waals surface area contributed by atoms with E-state index in [0.717, 1.165) is 19.3 Å². The number of anilines is 1. The average Bonchev–Trinajstić information content (AvgIpc) is 2.34. The monoisotopic (exact) mass is 237 g/mol. The summed E-state index contributed by atoms with van der Waals surface area (Å²) in [5.41, 5.74) is 6.13. The number of ether oxygens (including phenoxy) is 1. The van der Waals surface area contributed by atoms with Gasteiger partial charge in [0, 0.05) is 0 Å². The third-order valence-corrected chi connectivity index (χ3v) is 3.59. The number of nitrogens with two attached hydrogens (primary N) is 1. The molecular weight excluding hydrogens is 217 g/mol. The fourth-order valence-electron chi connectivity index (χ4n) is 2.54. The lowest BCUT2D eigenvalue weighted by molar-refractivity contribution is 0.118. The number of nitrogen functional groups attached to an aromatic ring is 1. The summed E-state index contributed by atoms with van der Waals surface area (Å²) in [6.45, 7) is 2.20. The molecule has 0 spiro atoms. The van der Waals surface area contributed by atoms with E-state index >= 15 is 0 Å². The smallest absolute Gasteiger partial charge is 0.178 e. The molecule has 2 atom stereocenters. The number of halogens is 1. The molecule has 2 N–H and O–H groups in total. The van der Waals surface area contributed by atoms with Gasteiger partial charge in [-0.05, 0) is 37.3 Å². The zero-order valence-electron chi connectivity index (χ0n) is 10.3. The predicted octanol–water partition coefficient (Wildman–Crippen LogP) is 3.76. The fourth-order valence-corrected chi connectivity index (χ4v) is 2.54. The normalized spacial score (nSPS) is 24.6. The molecule has 1 saturated carbocycles. The topological polar surface area (TPSA) is 35.2 Å². The van der Waals surface area contributed by atoms with Crippen LogP contribution in [-0.4, -0.2) is 6.10 Å². The van der Waals surface area contributed by atoms with Gasteiger partial charge in [-0.15, -0.1) is 0 Å². The summed E-state index contributed by atoms with van der Waals surface area (Å²) in [4.78, 5) is 0. The SMILES string of the molecule is CCC1CCCC(Oc2c(N)cccc2F)C1. The molecule has 0 aromatic heterocycles. The number of rotatable bonds is 3. The van der Waals surface area contributed by atoms with Crippen molar-refractivity contribution in [2.75, 3.05) is 5.73 Å². The Hall–Kier alpha value is -1.25. The third kappa shape index (κ3) is 2.90. The van der Waals surface area contributed by atoms with E-state index in [0.29, 0.717) is 11.6 Å². The lowest BCUT2D eigenvalue weighted by atomic mass is 9.85. The average molecular weight is 237 g/mol. The molecule has 3 heteroatoms. The molecule has 0 heterocycles. The molecule has 0 bridgehead atoms. The van der Waals surface area contributed by atoms with Crippen LogP contribution < -0.4 is 10.5 Å². The summed E-state index contributed by atoms with van der Waals surface area (Å²) in [6, 6.07) is 4.68. The van der Waals surface area contributed by atoms with Gasteiger partial charge in [0.05, 0.1) is 11.8 Å². The first-order valence-corrected chi connectivity index (χ1v) is 6.41. The maximum Gasteiger partial charge on any atom is 0.178 e. The number of hydrogen-bond acceptors (Lipinski definition) is 2. The summed E-state index contributed by atoms with van der Waals surface area (Å²) < 4.78 is 19.3. The Labute approximate surface area is 102 Å². The molecule has 2 nitrogen and oxygen atoms in total. The molecular formula is C14H20FNO. The molecule has 0 radical (unpaired) electrons. The standard InChI is InChI=1S/C14H20FNO/c1-2-10-5-3-6-11(9-10)17-14-12(15)7-4-8-13(14)16/h4,7-8,10-11H,2-3,5-6,9,16H2,1H3. The highest BCUT2D eigenvalue weighted by Gasteiger charge is 2.23. The summed E-state index contributed by atoms with van der Waals surface area (Å²) in [7, 11) is 0. The van der Waals surface area contributed by atoms with Crippen LogP contribution in [0.5, 0.6) is 5.75 Å². The van der Waals surface area contributed by atoms with Crippen molar-refractivity contribution in [2.24, 2.45) is 5.92 Å². The Balaban J connectivity index is 2.05. The van der Waals surface area contributed by atoms with E-state index in [2.05, 4.69) is 6.92 Å². The predicted molar refractivity (Wildman–Crippen MR) is 67.5 cm³/mol. The number of hydrogen-bond donors (Lipinski definition) is 1. The van der Waals surface area contributed by atoms with Gasteiger partial charge < -0.3 is 10.5 Å². The highest BCUT2D eigenvalue weighted by molar-refractivity contribution is 5.52. The molecule has 1 fully saturated rings. The van der Waals surface area contributed by atoms with E-state index in [1.54, 1.807) is 12.1 Å². The third-order valence-electron chi connectivity index (χ3n) is 3.59. The van der Waals surface area contributed by atoms with E-state index in [-0.39, 0.29) is 17.7 Å².